The fourth-order valence-electron chi connectivity index (χ4n) is 2.75. The van der Waals surface area contributed by atoms with Gasteiger partial charge in [-0.3, -0.25) is 4.79 Å². The second-order valence-electron chi connectivity index (χ2n) is 5.80. The van der Waals surface area contributed by atoms with E-state index in [-0.39, 0.29) is 17.5 Å². The Hall–Kier alpha value is -1.70. The number of aromatic nitrogens is 1. The van der Waals surface area contributed by atoms with Crippen molar-refractivity contribution < 1.29 is 9.18 Å². The highest BCUT2D eigenvalue weighted by atomic mass is 127. The molecule has 1 aliphatic carbocycles. The highest BCUT2D eigenvalue weighted by Crippen LogP contribution is 2.22. The van der Waals surface area contributed by atoms with Gasteiger partial charge in [-0.1, -0.05) is 6.07 Å². The number of anilines is 2. The predicted octanol–water partition coefficient (Wildman–Crippen LogP) is 4.45. The molecule has 2 aromatic rings. The summed E-state index contributed by atoms with van der Waals surface area (Å²) in [7, 11) is 0. The smallest absolute Gasteiger partial charge is 0.255 e. The molecule has 0 saturated heterocycles. The Morgan fingerprint density at radius 2 is 2.04 bits per heavy atom. The molecule has 125 valence electrons. The summed E-state index contributed by atoms with van der Waals surface area (Å²) in [5, 5.41) is 6.10. The van der Waals surface area contributed by atoms with Gasteiger partial charge in [-0.15, -0.1) is 0 Å². The third kappa shape index (κ3) is 4.43. The third-order valence-electron chi connectivity index (χ3n) is 3.96. The van der Waals surface area contributed by atoms with Gasteiger partial charge in [0.25, 0.3) is 5.91 Å². The fraction of sp³-hybridized carbons (Fsp3) is 0.278. The Morgan fingerprint density at radius 1 is 1.25 bits per heavy atom. The Balaban J connectivity index is 1.80. The van der Waals surface area contributed by atoms with Crippen LogP contribution < -0.4 is 10.6 Å². The number of carbonyl (C=O) groups is 1. The van der Waals surface area contributed by atoms with Crippen molar-refractivity contribution >= 4 is 40.0 Å². The lowest BCUT2D eigenvalue weighted by Crippen LogP contribution is -2.36. The van der Waals surface area contributed by atoms with Crippen LogP contribution >= 0.6 is 22.6 Å². The minimum atomic E-state index is -0.523. The molecule has 0 spiro atoms. The molecule has 0 aliphatic heterocycles. The van der Waals surface area contributed by atoms with Crippen LogP contribution in [0.25, 0.3) is 0 Å². The molecule has 1 fully saturated rings. The molecular weight excluding hydrogens is 420 g/mol. The number of benzene rings is 1. The molecule has 24 heavy (non-hydrogen) atoms. The van der Waals surface area contributed by atoms with Gasteiger partial charge in [0.2, 0.25) is 0 Å². The zero-order chi connectivity index (χ0) is 16.9. The van der Waals surface area contributed by atoms with Crippen molar-refractivity contribution in [3.63, 3.8) is 0 Å². The first kappa shape index (κ1) is 17.1. The molecule has 6 heteroatoms. The molecule has 0 bridgehead atoms. The fourth-order valence-corrected chi connectivity index (χ4v) is 3.29. The van der Waals surface area contributed by atoms with Gasteiger partial charge >= 0.3 is 0 Å². The summed E-state index contributed by atoms with van der Waals surface area (Å²) in [6, 6.07) is 9.06. The second kappa shape index (κ2) is 7.92. The number of nitrogens with one attached hydrogen (secondary N) is 2. The summed E-state index contributed by atoms with van der Waals surface area (Å²) >= 11 is 2.21. The first-order chi connectivity index (χ1) is 11.6. The maximum Gasteiger partial charge on any atom is 0.255 e. The van der Waals surface area contributed by atoms with E-state index in [1.54, 1.807) is 0 Å². The van der Waals surface area contributed by atoms with E-state index in [1.807, 2.05) is 24.3 Å². The molecule has 3 rings (SSSR count). The van der Waals surface area contributed by atoms with E-state index in [2.05, 4.69) is 44.6 Å². The van der Waals surface area contributed by atoms with Gasteiger partial charge < -0.3 is 10.6 Å². The van der Waals surface area contributed by atoms with Crippen molar-refractivity contribution in [2.75, 3.05) is 5.32 Å². The molecule has 1 aliphatic rings. The van der Waals surface area contributed by atoms with Crippen molar-refractivity contribution in [2.24, 2.45) is 0 Å². The molecule has 0 unspecified atom stereocenters. The zero-order valence-electron chi connectivity index (χ0n) is 13.1. The first-order valence-corrected chi connectivity index (χ1v) is 9.00. The summed E-state index contributed by atoms with van der Waals surface area (Å²) < 4.78 is 14.7. The van der Waals surface area contributed by atoms with Gasteiger partial charge in [-0.05, 0) is 79.0 Å². The number of rotatable bonds is 4. The normalized spacial score (nSPS) is 15.1. The number of nitrogens with zero attached hydrogens (tertiary/aromatic N) is 1. The molecule has 1 aromatic carbocycles. The Morgan fingerprint density at radius 3 is 2.79 bits per heavy atom. The molecule has 1 aromatic heterocycles. The van der Waals surface area contributed by atoms with Crippen molar-refractivity contribution in [2.45, 2.75) is 31.7 Å². The largest absolute Gasteiger partial charge is 0.349 e. The van der Waals surface area contributed by atoms with Gasteiger partial charge in [0.1, 0.15) is 11.6 Å². The predicted molar refractivity (Wildman–Crippen MR) is 101 cm³/mol. The van der Waals surface area contributed by atoms with E-state index in [0.717, 1.165) is 41.1 Å². The molecule has 1 saturated carbocycles. The van der Waals surface area contributed by atoms with Gasteiger partial charge in [0.15, 0.2) is 0 Å². The van der Waals surface area contributed by atoms with E-state index in [1.165, 1.54) is 6.07 Å². The minimum Gasteiger partial charge on any atom is -0.349 e. The van der Waals surface area contributed by atoms with E-state index in [9.17, 15) is 9.18 Å². The van der Waals surface area contributed by atoms with Crippen LogP contribution in [0.5, 0.6) is 0 Å². The molecular formula is C18H18FIN3O. The Kier molecular flexibility index (Phi) is 5.65. The van der Waals surface area contributed by atoms with Crippen molar-refractivity contribution in [1.82, 2.24) is 10.3 Å². The maximum absolute atomic E-state index is 13.6. The quantitative estimate of drug-likeness (QED) is 0.694. The van der Waals surface area contributed by atoms with Crippen molar-refractivity contribution in [3.8, 4) is 0 Å². The molecule has 2 N–H and O–H groups in total. The standard InChI is InChI=1S/C18H18FIN3O/c19-12-9-16(18(24)23-14-6-2-1-3-7-14)17(21-11-12)22-15-8-4-5-13(20)10-15/h1,4-5,8-11,14H,2-3,6-7H2,(H,21,22)(H,23,24). The summed E-state index contributed by atoms with van der Waals surface area (Å²) in [6.07, 6.45) is 7.20. The van der Waals surface area contributed by atoms with Crippen molar-refractivity contribution in [3.05, 3.63) is 57.9 Å². The molecule has 1 radical (unpaired) electrons. The average Bonchev–Trinajstić information content (AvgIpc) is 2.57. The lowest BCUT2D eigenvalue weighted by molar-refractivity contribution is 0.0930. The molecule has 1 heterocycles. The summed E-state index contributed by atoms with van der Waals surface area (Å²) in [6.45, 7) is 0. The minimum absolute atomic E-state index is 0.135. The topological polar surface area (TPSA) is 54.0 Å². The summed E-state index contributed by atoms with van der Waals surface area (Å²) in [4.78, 5) is 16.6. The van der Waals surface area contributed by atoms with Crippen LogP contribution in [0.15, 0.2) is 36.5 Å². The van der Waals surface area contributed by atoms with Crippen LogP contribution in [0.3, 0.4) is 0 Å². The Labute approximate surface area is 154 Å². The van der Waals surface area contributed by atoms with Gasteiger partial charge in [0, 0.05) is 15.3 Å². The first-order valence-electron chi connectivity index (χ1n) is 7.92. The van der Waals surface area contributed by atoms with Crippen LogP contribution in [0.4, 0.5) is 15.9 Å². The number of carbonyl (C=O) groups excluding carboxylic acids is 1. The number of pyridine rings is 1. The summed E-state index contributed by atoms with van der Waals surface area (Å²) in [5.74, 6) is -0.453. The number of hydrogen-bond acceptors (Lipinski definition) is 3. The maximum atomic E-state index is 13.6. The summed E-state index contributed by atoms with van der Waals surface area (Å²) in [5.41, 5.74) is 1.03. The van der Waals surface area contributed by atoms with Crippen LogP contribution in [0.1, 0.15) is 36.0 Å². The lowest BCUT2D eigenvalue weighted by atomic mass is 9.95. The number of halogens is 2. The van der Waals surface area contributed by atoms with Gasteiger partial charge in [-0.2, -0.15) is 0 Å². The molecule has 1 amide bonds. The van der Waals surface area contributed by atoms with E-state index >= 15 is 0 Å². The second-order valence-corrected chi connectivity index (χ2v) is 7.04. The van der Waals surface area contributed by atoms with Crippen LogP contribution in [0.2, 0.25) is 0 Å². The SMILES string of the molecule is O=C(NC1CC[CH]CC1)c1cc(F)cnc1Nc1cccc(I)c1. The van der Waals surface area contributed by atoms with E-state index < -0.39 is 5.82 Å². The van der Waals surface area contributed by atoms with Crippen LogP contribution in [0, 0.1) is 15.8 Å². The highest BCUT2D eigenvalue weighted by molar-refractivity contribution is 14.1. The number of hydrogen-bond donors (Lipinski definition) is 2. The van der Waals surface area contributed by atoms with E-state index in [0.29, 0.717) is 5.82 Å². The monoisotopic (exact) mass is 438 g/mol. The number of amides is 1. The lowest BCUT2D eigenvalue weighted by Gasteiger charge is -2.23. The average molecular weight is 438 g/mol. The Bertz CT molecular complexity index is 732. The van der Waals surface area contributed by atoms with E-state index in [4.69, 9.17) is 0 Å². The van der Waals surface area contributed by atoms with Crippen molar-refractivity contribution in [1.29, 1.82) is 0 Å². The van der Waals surface area contributed by atoms with Gasteiger partial charge in [-0.25, -0.2) is 9.37 Å². The zero-order valence-corrected chi connectivity index (χ0v) is 15.2. The third-order valence-corrected chi connectivity index (χ3v) is 4.63. The van der Waals surface area contributed by atoms with Crippen LogP contribution in [-0.2, 0) is 0 Å². The molecule has 4 nitrogen and oxygen atoms in total. The van der Waals surface area contributed by atoms with Gasteiger partial charge in [0.05, 0.1) is 11.8 Å². The molecule has 0 atom stereocenters. The van der Waals surface area contributed by atoms with Crippen LogP contribution in [-0.4, -0.2) is 16.9 Å². The highest BCUT2D eigenvalue weighted by Gasteiger charge is 2.20.